The second-order valence-corrected chi connectivity index (χ2v) is 6.19. The van der Waals surface area contributed by atoms with Crippen molar-refractivity contribution < 1.29 is 9.50 Å². The molecule has 0 radical (unpaired) electrons. The predicted octanol–water partition coefficient (Wildman–Crippen LogP) is 4.77. The minimum absolute atomic E-state index is 0.310. The zero-order chi connectivity index (χ0) is 13.2. The molecule has 0 spiro atoms. The van der Waals surface area contributed by atoms with Crippen molar-refractivity contribution in [1.29, 1.82) is 0 Å². The molecule has 0 bridgehead atoms. The summed E-state index contributed by atoms with van der Waals surface area (Å²) in [6.07, 6.45) is 5.58. The van der Waals surface area contributed by atoms with Gasteiger partial charge in [-0.25, -0.2) is 4.39 Å². The molecule has 0 heterocycles. The topological polar surface area (TPSA) is 20.2 Å². The molecule has 2 atom stereocenters. The lowest BCUT2D eigenvalue weighted by atomic mass is 9.85. The Balaban J connectivity index is 2.27. The largest absolute Gasteiger partial charge is 0.385 e. The third kappa shape index (κ3) is 2.77. The van der Waals surface area contributed by atoms with Crippen LogP contribution in [0.15, 0.2) is 22.7 Å². The quantitative estimate of drug-likeness (QED) is 0.780. The van der Waals surface area contributed by atoms with E-state index in [1.165, 1.54) is 0 Å². The van der Waals surface area contributed by atoms with Gasteiger partial charge in [-0.05, 0) is 53.6 Å². The molecule has 0 aromatic heterocycles. The number of benzene rings is 1. The molecule has 1 aliphatic carbocycles. The summed E-state index contributed by atoms with van der Waals surface area (Å²) in [7, 11) is 0. The van der Waals surface area contributed by atoms with Crippen molar-refractivity contribution >= 4 is 15.9 Å². The Bertz CT molecular complexity index is 421. The van der Waals surface area contributed by atoms with E-state index in [0.29, 0.717) is 28.8 Å². The van der Waals surface area contributed by atoms with Gasteiger partial charge < -0.3 is 5.11 Å². The number of rotatable bonds is 2. The number of halogens is 2. The summed E-state index contributed by atoms with van der Waals surface area (Å²) in [6.45, 7) is 2.19. The first-order chi connectivity index (χ1) is 8.57. The van der Waals surface area contributed by atoms with Gasteiger partial charge in [0.25, 0.3) is 0 Å². The molecule has 100 valence electrons. The molecule has 1 nitrogen and oxygen atoms in total. The normalized spacial score (nSPS) is 29.0. The first-order valence-electron chi connectivity index (χ1n) is 6.73. The first-order valence-corrected chi connectivity index (χ1v) is 7.53. The van der Waals surface area contributed by atoms with Crippen LogP contribution in [0.4, 0.5) is 4.39 Å². The standard InChI is InChI=1S/C15H20BrFO/c1-2-11-5-4-9-15(18,10-8-11)12-6-3-7-13(16)14(12)17/h3,6-7,11,18H,2,4-5,8-10H2,1H3. The van der Waals surface area contributed by atoms with Gasteiger partial charge in [0.15, 0.2) is 0 Å². The molecule has 1 N–H and O–H groups in total. The summed E-state index contributed by atoms with van der Waals surface area (Å²) < 4.78 is 14.6. The third-order valence-corrected chi connectivity index (χ3v) is 4.81. The highest BCUT2D eigenvalue weighted by molar-refractivity contribution is 9.10. The molecule has 18 heavy (non-hydrogen) atoms. The minimum Gasteiger partial charge on any atom is -0.385 e. The van der Waals surface area contributed by atoms with Gasteiger partial charge in [0, 0.05) is 5.56 Å². The van der Waals surface area contributed by atoms with Crippen molar-refractivity contribution in [2.75, 3.05) is 0 Å². The second kappa shape index (κ2) is 5.70. The van der Waals surface area contributed by atoms with Gasteiger partial charge in [-0.15, -0.1) is 0 Å². The van der Waals surface area contributed by atoms with Gasteiger partial charge in [-0.2, -0.15) is 0 Å². The Morgan fingerprint density at radius 3 is 2.89 bits per heavy atom. The molecule has 1 aromatic rings. The van der Waals surface area contributed by atoms with Gasteiger partial charge in [0.1, 0.15) is 5.82 Å². The highest BCUT2D eigenvalue weighted by Crippen LogP contribution is 2.40. The van der Waals surface area contributed by atoms with Crippen molar-refractivity contribution in [3.63, 3.8) is 0 Å². The third-order valence-electron chi connectivity index (χ3n) is 4.20. The molecular weight excluding hydrogens is 295 g/mol. The second-order valence-electron chi connectivity index (χ2n) is 5.34. The van der Waals surface area contributed by atoms with E-state index < -0.39 is 5.60 Å². The van der Waals surface area contributed by atoms with E-state index in [2.05, 4.69) is 22.9 Å². The van der Waals surface area contributed by atoms with E-state index in [0.717, 1.165) is 25.7 Å². The summed E-state index contributed by atoms with van der Waals surface area (Å²) in [4.78, 5) is 0. The smallest absolute Gasteiger partial charge is 0.143 e. The van der Waals surface area contributed by atoms with Gasteiger partial charge >= 0.3 is 0 Å². The maximum atomic E-state index is 14.1. The molecule has 1 aromatic carbocycles. The van der Waals surface area contributed by atoms with Gasteiger partial charge in [0.2, 0.25) is 0 Å². The lowest BCUT2D eigenvalue weighted by Crippen LogP contribution is -2.26. The lowest BCUT2D eigenvalue weighted by Gasteiger charge is -2.28. The molecule has 0 aliphatic heterocycles. The van der Waals surface area contributed by atoms with Crippen LogP contribution in [-0.4, -0.2) is 5.11 Å². The Labute approximate surface area is 117 Å². The van der Waals surface area contributed by atoms with Crippen LogP contribution in [0.1, 0.15) is 51.0 Å². The van der Waals surface area contributed by atoms with Crippen molar-refractivity contribution in [3.8, 4) is 0 Å². The van der Waals surface area contributed by atoms with Gasteiger partial charge in [-0.1, -0.05) is 31.9 Å². The van der Waals surface area contributed by atoms with Gasteiger partial charge in [-0.3, -0.25) is 0 Å². The van der Waals surface area contributed by atoms with Crippen LogP contribution in [0.2, 0.25) is 0 Å². The molecule has 3 heteroatoms. The summed E-state index contributed by atoms with van der Waals surface area (Å²) >= 11 is 3.20. The summed E-state index contributed by atoms with van der Waals surface area (Å²) in [6, 6.07) is 5.18. The Morgan fingerprint density at radius 1 is 1.39 bits per heavy atom. The van der Waals surface area contributed by atoms with Crippen LogP contribution in [-0.2, 0) is 5.60 Å². The van der Waals surface area contributed by atoms with Crippen molar-refractivity contribution in [1.82, 2.24) is 0 Å². The van der Waals surface area contributed by atoms with Crippen LogP contribution in [0, 0.1) is 11.7 Å². The van der Waals surface area contributed by atoms with E-state index in [-0.39, 0.29) is 5.82 Å². The maximum Gasteiger partial charge on any atom is 0.143 e. The van der Waals surface area contributed by atoms with E-state index in [1.807, 2.05) is 0 Å². The summed E-state index contributed by atoms with van der Waals surface area (Å²) in [5.41, 5.74) is -0.536. The van der Waals surface area contributed by atoms with Crippen LogP contribution in [0.5, 0.6) is 0 Å². The van der Waals surface area contributed by atoms with E-state index in [9.17, 15) is 9.50 Å². The van der Waals surface area contributed by atoms with Crippen molar-refractivity contribution in [2.45, 2.75) is 51.0 Å². The fourth-order valence-corrected chi connectivity index (χ4v) is 3.30. The highest BCUT2D eigenvalue weighted by atomic mass is 79.9. The average molecular weight is 315 g/mol. The van der Waals surface area contributed by atoms with E-state index in [4.69, 9.17) is 0 Å². The van der Waals surface area contributed by atoms with Crippen molar-refractivity contribution in [3.05, 3.63) is 34.1 Å². The maximum absolute atomic E-state index is 14.1. The molecule has 0 saturated heterocycles. The average Bonchev–Trinajstić information content (AvgIpc) is 2.55. The van der Waals surface area contributed by atoms with Crippen LogP contribution >= 0.6 is 15.9 Å². The minimum atomic E-state index is -0.988. The SMILES string of the molecule is CCC1CCCC(O)(c2cccc(Br)c2F)CC1. The summed E-state index contributed by atoms with van der Waals surface area (Å²) in [5, 5.41) is 10.8. The molecule has 1 saturated carbocycles. The van der Waals surface area contributed by atoms with Crippen LogP contribution < -0.4 is 0 Å². The fourth-order valence-electron chi connectivity index (χ4n) is 2.94. The number of aliphatic hydroxyl groups is 1. The molecule has 1 fully saturated rings. The molecule has 1 aliphatic rings. The number of hydrogen-bond acceptors (Lipinski definition) is 1. The zero-order valence-electron chi connectivity index (χ0n) is 10.8. The molecule has 2 rings (SSSR count). The van der Waals surface area contributed by atoms with Crippen LogP contribution in [0.3, 0.4) is 0 Å². The zero-order valence-corrected chi connectivity index (χ0v) is 12.3. The first kappa shape index (κ1) is 14.0. The predicted molar refractivity (Wildman–Crippen MR) is 74.9 cm³/mol. The summed E-state index contributed by atoms with van der Waals surface area (Å²) in [5.74, 6) is 0.365. The monoisotopic (exact) mass is 314 g/mol. The Hall–Kier alpha value is -0.410. The highest BCUT2D eigenvalue weighted by Gasteiger charge is 2.34. The molecular formula is C15H20BrFO. The van der Waals surface area contributed by atoms with Crippen LogP contribution in [0.25, 0.3) is 0 Å². The number of hydrogen-bond donors (Lipinski definition) is 1. The van der Waals surface area contributed by atoms with Crippen molar-refractivity contribution in [2.24, 2.45) is 5.92 Å². The fraction of sp³-hybridized carbons (Fsp3) is 0.600. The Morgan fingerprint density at radius 2 is 2.17 bits per heavy atom. The Kier molecular flexibility index (Phi) is 4.44. The van der Waals surface area contributed by atoms with E-state index >= 15 is 0 Å². The molecule has 2 unspecified atom stereocenters. The lowest BCUT2D eigenvalue weighted by molar-refractivity contribution is 0.0161. The van der Waals surface area contributed by atoms with E-state index in [1.54, 1.807) is 18.2 Å². The molecule has 0 amide bonds. The van der Waals surface area contributed by atoms with Gasteiger partial charge in [0.05, 0.1) is 10.1 Å².